The van der Waals surface area contributed by atoms with Gasteiger partial charge in [0.25, 0.3) is 5.91 Å². The van der Waals surface area contributed by atoms with Gasteiger partial charge < -0.3 is 10.4 Å². The summed E-state index contributed by atoms with van der Waals surface area (Å²) in [5.74, 6) is 2.21. The van der Waals surface area contributed by atoms with Gasteiger partial charge in [-0.25, -0.2) is 0 Å². The molecule has 0 aliphatic heterocycles. The highest BCUT2D eigenvalue weighted by atomic mass is 32.2. The van der Waals surface area contributed by atoms with Gasteiger partial charge in [-0.3, -0.25) is 4.79 Å². The van der Waals surface area contributed by atoms with Crippen LogP contribution < -0.4 is 5.32 Å². The van der Waals surface area contributed by atoms with Crippen molar-refractivity contribution in [2.45, 2.75) is 33.2 Å². The van der Waals surface area contributed by atoms with Crippen molar-refractivity contribution >= 4 is 17.7 Å². The zero-order valence-corrected chi connectivity index (χ0v) is 12.0. The minimum Gasteiger partial charge on any atom is -0.508 e. The minimum atomic E-state index is -0.114. The number of hydrogen-bond donors (Lipinski definition) is 2. The highest BCUT2D eigenvalue weighted by Crippen LogP contribution is 2.19. The third-order valence-electron chi connectivity index (χ3n) is 2.83. The van der Waals surface area contributed by atoms with Gasteiger partial charge in [-0.2, -0.15) is 11.8 Å². The van der Waals surface area contributed by atoms with E-state index >= 15 is 0 Å². The second-order valence-electron chi connectivity index (χ2n) is 4.31. The first-order chi connectivity index (χ1) is 8.56. The quantitative estimate of drug-likeness (QED) is 0.779. The molecule has 0 fully saturated rings. The Kier molecular flexibility index (Phi) is 6.05. The molecule has 1 atom stereocenters. The van der Waals surface area contributed by atoms with Crippen LogP contribution in [-0.4, -0.2) is 28.6 Å². The van der Waals surface area contributed by atoms with E-state index in [9.17, 15) is 9.90 Å². The van der Waals surface area contributed by atoms with Gasteiger partial charge in [0.15, 0.2) is 0 Å². The highest BCUT2D eigenvalue weighted by Gasteiger charge is 2.13. The van der Waals surface area contributed by atoms with Gasteiger partial charge >= 0.3 is 0 Å². The van der Waals surface area contributed by atoms with Crippen LogP contribution in [-0.2, 0) is 0 Å². The number of aromatic hydroxyl groups is 1. The molecule has 0 radical (unpaired) electrons. The molecule has 0 aliphatic carbocycles. The van der Waals surface area contributed by atoms with Crippen molar-refractivity contribution in [1.29, 1.82) is 0 Å². The maximum atomic E-state index is 12.0. The Bertz CT molecular complexity index is 407. The summed E-state index contributed by atoms with van der Waals surface area (Å²) >= 11 is 1.87. The Balaban J connectivity index is 2.57. The van der Waals surface area contributed by atoms with E-state index in [1.807, 2.05) is 18.7 Å². The van der Waals surface area contributed by atoms with Gasteiger partial charge in [0, 0.05) is 17.2 Å². The average Bonchev–Trinajstić information content (AvgIpc) is 2.32. The Morgan fingerprint density at radius 3 is 2.89 bits per heavy atom. The van der Waals surface area contributed by atoms with Gasteiger partial charge in [0.2, 0.25) is 0 Å². The lowest BCUT2D eigenvalue weighted by molar-refractivity contribution is 0.0938. The van der Waals surface area contributed by atoms with Crippen molar-refractivity contribution in [2.24, 2.45) is 0 Å². The Hall–Kier alpha value is -1.16. The first kappa shape index (κ1) is 14.9. The predicted molar refractivity (Wildman–Crippen MR) is 77.4 cm³/mol. The van der Waals surface area contributed by atoms with Gasteiger partial charge in [-0.15, -0.1) is 0 Å². The maximum absolute atomic E-state index is 12.0. The van der Waals surface area contributed by atoms with E-state index < -0.39 is 0 Å². The maximum Gasteiger partial charge on any atom is 0.251 e. The number of rotatable bonds is 6. The monoisotopic (exact) mass is 267 g/mol. The first-order valence-corrected chi connectivity index (χ1v) is 7.39. The molecule has 0 bridgehead atoms. The number of thioether (sulfide) groups is 1. The third-order valence-corrected chi connectivity index (χ3v) is 3.76. The number of phenols is 1. The van der Waals surface area contributed by atoms with E-state index in [1.165, 1.54) is 0 Å². The van der Waals surface area contributed by atoms with Gasteiger partial charge in [-0.05, 0) is 43.9 Å². The molecule has 2 N–H and O–H groups in total. The van der Waals surface area contributed by atoms with Crippen LogP contribution in [0.15, 0.2) is 18.2 Å². The summed E-state index contributed by atoms with van der Waals surface area (Å²) in [6, 6.07) is 5.17. The van der Waals surface area contributed by atoms with Gasteiger partial charge in [0.05, 0.1) is 0 Å². The molecule has 4 heteroatoms. The van der Waals surface area contributed by atoms with E-state index in [0.29, 0.717) is 11.1 Å². The molecule has 1 unspecified atom stereocenters. The predicted octanol–water partition coefficient (Wildman–Crippen LogP) is 2.96. The summed E-state index contributed by atoms with van der Waals surface area (Å²) in [5.41, 5.74) is 1.18. The number of benzene rings is 1. The molecule has 1 amide bonds. The molecule has 0 aliphatic rings. The topological polar surface area (TPSA) is 49.3 Å². The van der Waals surface area contributed by atoms with E-state index in [0.717, 1.165) is 17.9 Å². The number of amides is 1. The molecule has 0 saturated carbocycles. The second-order valence-corrected chi connectivity index (χ2v) is 5.70. The SMILES string of the molecule is CCSCCC(C)NC(=O)c1cccc(O)c1C. The van der Waals surface area contributed by atoms with Crippen molar-refractivity contribution in [3.05, 3.63) is 29.3 Å². The summed E-state index contributed by atoms with van der Waals surface area (Å²) in [4.78, 5) is 12.0. The molecular formula is C14H21NO2S. The van der Waals surface area contributed by atoms with Crippen LogP contribution in [0.1, 0.15) is 36.2 Å². The molecule has 1 aromatic carbocycles. The smallest absolute Gasteiger partial charge is 0.251 e. The highest BCUT2D eigenvalue weighted by molar-refractivity contribution is 7.99. The summed E-state index contributed by atoms with van der Waals surface area (Å²) < 4.78 is 0. The molecule has 0 aromatic heterocycles. The molecule has 100 valence electrons. The molecule has 0 heterocycles. The lowest BCUT2D eigenvalue weighted by Crippen LogP contribution is -2.33. The van der Waals surface area contributed by atoms with Crippen LogP contribution in [0.2, 0.25) is 0 Å². The average molecular weight is 267 g/mol. The fourth-order valence-electron chi connectivity index (χ4n) is 1.65. The number of carbonyl (C=O) groups is 1. The van der Waals surface area contributed by atoms with Crippen LogP contribution in [0, 0.1) is 6.92 Å². The first-order valence-electron chi connectivity index (χ1n) is 6.23. The standard InChI is InChI=1S/C14H21NO2S/c1-4-18-9-8-10(2)15-14(17)12-6-5-7-13(16)11(12)3/h5-7,10,16H,4,8-9H2,1-3H3,(H,15,17). The van der Waals surface area contributed by atoms with Crippen molar-refractivity contribution < 1.29 is 9.90 Å². The van der Waals surface area contributed by atoms with E-state index in [-0.39, 0.29) is 17.7 Å². The molecule has 3 nitrogen and oxygen atoms in total. The largest absolute Gasteiger partial charge is 0.508 e. The Morgan fingerprint density at radius 2 is 2.22 bits per heavy atom. The van der Waals surface area contributed by atoms with E-state index in [4.69, 9.17) is 0 Å². The third kappa shape index (κ3) is 4.26. The van der Waals surface area contributed by atoms with Gasteiger partial charge in [0.1, 0.15) is 5.75 Å². The summed E-state index contributed by atoms with van der Waals surface area (Å²) in [7, 11) is 0. The summed E-state index contributed by atoms with van der Waals surface area (Å²) in [6.45, 7) is 5.89. The molecule has 0 spiro atoms. The van der Waals surface area contributed by atoms with E-state index in [1.54, 1.807) is 25.1 Å². The fourth-order valence-corrected chi connectivity index (χ4v) is 2.46. The normalized spacial score (nSPS) is 12.2. The van der Waals surface area contributed by atoms with Gasteiger partial charge in [-0.1, -0.05) is 13.0 Å². The molecule has 1 aromatic rings. The molecule has 18 heavy (non-hydrogen) atoms. The Labute approximate surface area is 113 Å². The van der Waals surface area contributed by atoms with Crippen LogP contribution in [0.4, 0.5) is 0 Å². The minimum absolute atomic E-state index is 0.114. The number of hydrogen-bond acceptors (Lipinski definition) is 3. The van der Waals surface area contributed by atoms with Crippen molar-refractivity contribution in [3.63, 3.8) is 0 Å². The van der Waals surface area contributed by atoms with Crippen molar-refractivity contribution in [2.75, 3.05) is 11.5 Å². The summed E-state index contributed by atoms with van der Waals surface area (Å²) in [5, 5.41) is 12.5. The van der Waals surface area contributed by atoms with Crippen LogP contribution in [0.25, 0.3) is 0 Å². The molecule has 1 rings (SSSR count). The Morgan fingerprint density at radius 1 is 1.50 bits per heavy atom. The zero-order chi connectivity index (χ0) is 13.5. The number of nitrogens with one attached hydrogen (secondary N) is 1. The fraction of sp³-hybridized carbons (Fsp3) is 0.500. The van der Waals surface area contributed by atoms with E-state index in [2.05, 4.69) is 12.2 Å². The number of phenolic OH excluding ortho intramolecular Hbond substituents is 1. The zero-order valence-electron chi connectivity index (χ0n) is 11.2. The second kappa shape index (κ2) is 7.31. The molecule has 0 saturated heterocycles. The lowest BCUT2D eigenvalue weighted by Gasteiger charge is -2.14. The molecular weight excluding hydrogens is 246 g/mol. The number of carbonyl (C=O) groups excluding carboxylic acids is 1. The van der Waals surface area contributed by atoms with Crippen LogP contribution in [0.5, 0.6) is 5.75 Å². The summed E-state index contributed by atoms with van der Waals surface area (Å²) in [6.07, 6.45) is 0.960. The lowest BCUT2D eigenvalue weighted by atomic mass is 10.1. The van der Waals surface area contributed by atoms with Crippen molar-refractivity contribution in [3.8, 4) is 5.75 Å². The van der Waals surface area contributed by atoms with Crippen LogP contribution in [0.3, 0.4) is 0 Å². The van der Waals surface area contributed by atoms with Crippen LogP contribution >= 0.6 is 11.8 Å². The van der Waals surface area contributed by atoms with Crippen molar-refractivity contribution in [1.82, 2.24) is 5.32 Å².